The average molecular weight is 459 g/mol. The van der Waals surface area contributed by atoms with Crippen molar-refractivity contribution in [1.29, 1.82) is 0 Å². The quantitative estimate of drug-likeness (QED) is 0.569. The van der Waals surface area contributed by atoms with E-state index in [0.717, 1.165) is 51.3 Å². The van der Waals surface area contributed by atoms with Gasteiger partial charge in [0.2, 0.25) is 0 Å². The second-order valence-electron chi connectivity index (χ2n) is 7.91. The highest BCUT2D eigenvalue weighted by Gasteiger charge is 2.36. The van der Waals surface area contributed by atoms with Crippen molar-refractivity contribution in [3.05, 3.63) is 76.8 Å². The molecule has 0 radical (unpaired) electrons. The molecule has 1 N–H and O–H groups in total. The van der Waals surface area contributed by atoms with Crippen molar-refractivity contribution < 1.29 is 9.53 Å². The van der Waals surface area contributed by atoms with Gasteiger partial charge in [-0.3, -0.25) is 15.1 Å². The van der Waals surface area contributed by atoms with Gasteiger partial charge < -0.3 is 4.74 Å². The SMILES string of the molecule is CCCCOc1ccc2ccccc2c1[C@@H]1N=c2ccccc2=C2C(=O)NC(SCC)=NN21. The van der Waals surface area contributed by atoms with E-state index in [9.17, 15) is 4.79 Å². The van der Waals surface area contributed by atoms with Crippen LogP contribution in [0.1, 0.15) is 38.4 Å². The van der Waals surface area contributed by atoms with Gasteiger partial charge in [0.15, 0.2) is 11.3 Å². The van der Waals surface area contributed by atoms with E-state index in [2.05, 4.69) is 30.4 Å². The number of nitrogens with zero attached hydrogens (tertiary/aromatic N) is 3. The molecule has 2 heterocycles. The first-order valence-electron chi connectivity index (χ1n) is 11.3. The molecular weight excluding hydrogens is 432 g/mol. The number of fused-ring (bicyclic) bond motifs is 3. The summed E-state index contributed by atoms with van der Waals surface area (Å²) in [5, 5.41) is 13.8. The van der Waals surface area contributed by atoms with Gasteiger partial charge in [-0.05, 0) is 35.1 Å². The summed E-state index contributed by atoms with van der Waals surface area (Å²) in [5.41, 5.74) is 1.44. The molecule has 168 valence electrons. The topological polar surface area (TPSA) is 66.3 Å². The molecular formula is C26H26N4O2S. The van der Waals surface area contributed by atoms with E-state index in [4.69, 9.17) is 14.8 Å². The zero-order valence-corrected chi connectivity index (χ0v) is 19.6. The zero-order valence-electron chi connectivity index (χ0n) is 18.7. The number of hydrazone groups is 1. The molecule has 5 rings (SSSR count). The van der Waals surface area contributed by atoms with Crippen LogP contribution < -0.4 is 20.6 Å². The summed E-state index contributed by atoms with van der Waals surface area (Å²) in [7, 11) is 0. The minimum absolute atomic E-state index is 0.165. The highest BCUT2D eigenvalue weighted by molar-refractivity contribution is 8.13. The maximum Gasteiger partial charge on any atom is 0.276 e. The Morgan fingerprint density at radius 2 is 1.88 bits per heavy atom. The number of amides is 1. The number of hydrogen-bond acceptors (Lipinski definition) is 6. The molecule has 0 bridgehead atoms. The van der Waals surface area contributed by atoms with Crippen LogP contribution in [0, 0.1) is 0 Å². The van der Waals surface area contributed by atoms with Crippen molar-refractivity contribution in [3.8, 4) is 5.75 Å². The summed E-state index contributed by atoms with van der Waals surface area (Å²) in [6.45, 7) is 4.81. The standard InChI is InChI=1S/C26H26N4O2S/c1-3-5-16-32-21-15-14-17-10-6-7-11-18(17)22(21)24-27-20-13-9-8-12-19(20)23-25(31)28-26(33-4-2)29-30(23)24/h6-15,24H,3-5,16H2,1-2H3,(H,28,29,31)/t24-/m1/s1. The fraction of sp³-hybridized carbons (Fsp3) is 0.269. The lowest BCUT2D eigenvalue weighted by Gasteiger charge is -2.35. The van der Waals surface area contributed by atoms with Crippen LogP contribution in [0.5, 0.6) is 5.75 Å². The van der Waals surface area contributed by atoms with Crippen LogP contribution in [0.15, 0.2) is 70.8 Å². The second kappa shape index (κ2) is 9.27. The number of nitrogens with one attached hydrogen (secondary N) is 1. The first kappa shape index (κ1) is 21.5. The van der Waals surface area contributed by atoms with E-state index in [1.807, 2.05) is 49.4 Å². The molecule has 6 nitrogen and oxygen atoms in total. The van der Waals surface area contributed by atoms with Crippen molar-refractivity contribution in [2.45, 2.75) is 32.9 Å². The predicted octanol–water partition coefficient (Wildman–Crippen LogP) is 3.91. The van der Waals surface area contributed by atoms with Crippen molar-refractivity contribution in [3.63, 3.8) is 0 Å². The lowest BCUT2D eigenvalue weighted by molar-refractivity contribution is -0.116. The summed E-state index contributed by atoms with van der Waals surface area (Å²) >= 11 is 1.51. The maximum absolute atomic E-state index is 13.3. The van der Waals surface area contributed by atoms with Gasteiger partial charge in [-0.1, -0.05) is 80.6 Å². The maximum atomic E-state index is 13.3. The Morgan fingerprint density at radius 1 is 1.06 bits per heavy atom. The molecule has 0 saturated carbocycles. The zero-order chi connectivity index (χ0) is 22.8. The van der Waals surface area contributed by atoms with Crippen molar-refractivity contribution in [1.82, 2.24) is 10.3 Å². The molecule has 3 aromatic carbocycles. The van der Waals surface area contributed by atoms with Gasteiger partial charge in [-0.25, -0.2) is 5.01 Å². The molecule has 33 heavy (non-hydrogen) atoms. The van der Waals surface area contributed by atoms with Crippen LogP contribution in [0.3, 0.4) is 0 Å². The minimum atomic E-state index is -0.517. The molecule has 0 aromatic heterocycles. The van der Waals surface area contributed by atoms with Crippen LogP contribution in [0.25, 0.3) is 16.5 Å². The predicted molar refractivity (Wildman–Crippen MR) is 133 cm³/mol. The smallest absolute Gasteiger partial charge is 0.276 e. The Balaban J connectivity index is 1.76. The largest absolute Gasteiger partial charge is 0.493 e. The van der Waals surface area contributed by atoms with Gasteiger partial charge in [-0.15, -0.1) is 5.10 Å². The molecule has 0 saturated heterocycles. The Morgan fingerprint density at radius 3 is 2.73 bits per heavy atom. The first-order valence-corrected chi connectivity index (χ1v) is 12.3. The number of rotatable bonds is 6. The van der Waals surface area contributed by atoms with Gasteiger partial charge in [0.25, 0.3) is 5.91 Å². The van der Waals surface area contributed by atoms with E-state index in [1.54, 1.807) is 5.01 Å². The van der Waals surface area contributed by atoms with Crippen LogP contribution in [-0.4, -0.2) is 28.4 Å². The average Bonchev–Trinajstić information content (AvgIpc) is 2.83. The number of thioether (sulfide) groups is 1. The van der Waals surface area contributed by atoms with Crippen LogP contribution in [0.4, 0.5) is 0 Å². The van der Waals surface area contributed by atoms with E-state index >= 15 is 0 Å². The van der Waals surface area contributed by atoms with Crippen LogP contribution in [0.2, 0.25) is 0 Å². The second-order valence-corrected chi connectivity index (χ2v) is 9.16. The third-order valence-electron chi connectivity index (χ3n) is 5.74. The number of carbonyl (C=O) groups is 1. The molecule has 0 aliphatic carbocycles. The molecule has 0 fully saturated rings. The Hall–Kier alpha value is -3.32. The number of benzene rings is 3. The molecule has 1 amide bonds. The summed E-state index contributed by atoms with van der Waals surface area (Å²) in [4.78, 5) is 18.4. The fourth-order valence-electron chi connectivity index (χ4n) is 4.21. The van der Waals surface area contributed by atoms with Crippen LogP contribution >= 0.6 is 11.8 Å². The van der Waals surface area contributed by atoms with E-state index in [-0.39, 0.29) is 5.91 Å². The lowest BCUT2D eigenvalue weighted by Crippen LogP contribution is -2.50. The molecule has 0 unspecified atom stereocenters. The van der Waals surface area contributed by atoms with Gasteiger partial charge in [0, 0.05) is 10.8 Å². The van der Waals surface area contributed by atoms with Gasteiger partial charge in [0.05, 0.1) is 12.0 Å². The molecule has 3 aromatic rings. The Kier molecular flexibility index (Phi) is 6.05. The van der Waals surface area contributed by atoms with E-state index in [0.29, 0.717) is 17.5 Å². The summed E-state index contributed by atoms with van der Waals surface area (Å²) in [5.74, 6) is 1.42. The molecule has 0 spiro atoms. The Labute approximate surface area is 197 Å². The third kappa shape index (κ3) is 3.97. The number of para-hydroxylation sites is 1. The van der Waals surface area contributed by atoms with Crippen molar-refractivity contribution >= 4 is 39.3 Å². The summed E-state index contributed by atoms with van der Waals surface area (Å²) in [6, 6.07) is 20.0. The molecule has 2 aliphatic heterocycles. The lowest BCUT2D eigenvalue weighted by atomic mass is 9.99. The number of amidine groups is 1. The van der Waals surface area contributed by atoms with Crippen molar-refractivity contribution in [2.24, 2.45) is 10.1 Å². The van der Waals surface area contributed by atoms with Gasteiger partial charge in [-0.2, -0.15) is 0 Å². The van der Waals surface area contributed by atoms with Gasteiger partial charge in [0.1, 0.15) is 11.4 Å². The number of unbranched alkanes of at least 4 members (excludes halogenated alkanes) is 1. The molecule has 7 heteroatoms. The van der Waals surface area contributed by atoms with Crippen LogP contribution in [-0.2, 0) is 4.79 Å². The number of ether oxygens (including phenoxy) is 1. The monoisotopic (exact) mass is 458 g/mol. The Bertz CT molecular complexity index is 1370. The fourth-order valence-corrected chi connectivity index (χ4v) is 4.80. The van der Waals surface area contributed by atoms with E-state index in [1.165, 1.54) is 11.8 Å². The highest BCUT2D eigenvalue weighted by atomic mass is 32.2. The van der Waals surface area contributed by atoms with Gasteiger partial charge >= 0.3 is 0 Å². The summed E-state index contributed by atoms with van der Waals surface area (Å²) < 4.78 is 6.26. The minimum Gasteiger partial charge on any atom is -0.493 e. The number of carbonyl (C=O) groups excluding carboxylic acids is 1. The third-order valence-corrected chi connectivity index (χ3v) is 6.49. The number of hydrogen-bond donors (Lipinski definition) is 1. The highest BCUT2D eigenvalue weighted by Crippen LogP contribution is 2.40. The van der Waals surface area contributed by atoms with E-state index < -0.39 is 6.17 Å². The molecule has 1 atom stereocenters. The molecule has 2 aliphatic rings. The normalized spacial score (nSPS) is 17.1. The van der Waals surface area contributed by atoms with Crippen molar-refractivity contribution in [2.75, 3.05) is 12.4 Å². The first-order chi connectivity index (χ1) is 16.2. The summed E-state index contributed by atoms with van der Waals surface area (Å²) in [6.07, 6.45) is 1.50.